The second-order valence-electron chi connectivity index (χ2n) is 5.71. The predicted octanol–water partition coefficient (Wildman–Crippen LogP) is 3.71. The monoisotopic (exact) mass is 274 g/mol. The predicted molar refractivity (Wildman–Crippen MR) is 83.7 cm³/mol. The van der Waals surface area contributed by atoms with Crippen molar-refractivity contribution in [2.45, 2.75) is 52.0 Å². The first-order chi connectivity index (χ1) is 9.65. The molecular formula is C17H26N2O. The molecule has 0 fully saturated rings. The number of benzene rings is 1. The average Bonchev–Trinajstić information content (AvgIpc) is 2.48. The maximum Gasteiger partial charge on any atom is 0.122 e. The molecule has 0 bridgehead atoms. The number of hydrogen-bond donors (Lipinski definition) is 2. The molecule has 0 saturated heterocycles. The molecule has 0 saturated carbocycles. The van der Waals surface area contributed by atoms with Gasteiger partial charge in [-0.3, -0.25) is 11.3 Å². The van der Waals surface area contributed by atoms with E-state index in [1.165, 1.54) is 42.4 Å². The molecule has 0 radical (unpaired) electrons. The second kappa shape index (κ2) is 6.91. The van der Waals surface area contributed by atoms with E-state index in [-0.39, 0.29) is 6.04 Å². The Morgan fingerprint density at radius 3 is 2.65 bits per heavy atom. The summed E-state index contributed by atoms with van der Waals surface area (Å²) in [5.41, 5.74) is 8.19. The molecule has 0 amide bonds. The third-order valence-corrected chi connectivity index (χ3v) is 4.21. The van der Waals surface area contributed by atoms with Crippen molar-refractivity contribution in [3.63, 3.8) is 0 Å². The number of aryl methyl sites for hydroxylation is 2. The van der Waals surface area contributed by atoms with Crippen LogP contribution in [0.2, 0.25) is 0 Å². The molecule has 2 rings (SSSR count). The van der Waals surface area contributed by atoms with Crippen molar-refractivity contribution in [2.24, 2.45) is 5.84 Å². The van der Waals surface area contributed by atoms with Gasteiger partial charge in [-0.1, -0.05) is 17.7 Å². The summed E-state index contributed by atoms with van der Waals surface area (Å²) in [7, 11) is 1.72. The zero-order valence-corrected chi connectivity index (χ0v) is 12.8. The Bertz CT molecular complexity index is 494. The summed E-state index contributed by atoms with van der Waals surface area (Å²) in [6, 6.07) is 4.48. The van der Waals surface area contributed by atoms with Crippen LogP contribution in [0.15, 0.2) is 23.8 Å². The highest BCUT2D eigenvalue weighted by Gasteiger charge is 2.17. The lowest BCUT2D eigenvalue weighted by Crippen LogP contribution is -2.29. The van der Waals surface area contributed by atoms with Gasteiger partial charge < -0.3 is 4.74 Å². The van der Waals surface area contributed by atoms with Gasteiger partial charge in [0.2, 0.25) is 0 Å². The summed E-state index contributed by atoms with van der Waals surface area (Å²) in [5, 5.41) is 0. The van der Waals surface area contributed by atoms with Crippen molar-refractivity contribution in [2.75, 3.05) is 7.11 Å². The molecule has 3 N–H and O–H groups in total. The van der Waals surface area contributed by atoms with Gasteiger partial charge in [0, 0.05) is 6.04 Å². The number of hydrazine groups is 1. The van der Waals surface area contributed by atoms with Gasteiger partial charge >= 0.3 is 0 Å². The third kappa shape index (κ3) is 3.41. The Hall–Kier alpha value is -1.32. The number of hydrogen-bond acceptors (Lipinski definition) is 3. The number of methoxy groups -OCH3 is 1. The first-order valence-corrected chi connectivity index (χ1v) is 7.45. The number of nitrogens with two attached hydrogens (primary N) is 1. The zero-order valence-electron chi connectivity index (χ0n) is 12.8. The van der Waals surface area contributed by atoms with Gasteiger partial charge in [0.15, 0.2) is 0 Å². The molecule has 1 aromatic rings. The minimum absolute atomic E-state index is 0.184. The molecule has 1 aliphatic carbocycles. The van der Waals surface area contributed by atoms with E-state index in [2.05, 4.69) is 37.5 Å². The fourth-order valence-electron chi connectivity index (χ4n) is 3.02. The van der Waals surface area contributed by atoms with Crippen LogP contribution >= 0.6 is 0 Å². The molecule has 1 aromatic carbocycles. The first-order valence-electron chi connectivity index (χ1n) is 7.45. The summed E-state index contributed by atoms with van der Waals surface area (Å²) >= 11 is 0. The van der Waals surface area contributed by atoms with Crippen LogP contribution < -0.4 is 16.0 Å². The highest BCUT2D eigenvalue weighted by atomic mass is 16.5. The standard InChI is InChI=1S/C17H26N2O/c1-12-10-17(20-3)13(2)9-15(12)16(19-18)11-14-7-5-4-6-8-14/h7,9-10,16,19H,4-6,8,11,18H2,1-3H3. The minimum Gasteiger partial charge on any atom is -0.496 e. The van der Waals surface area contributed by atoms with Crippen LogP contribution in [0, 0.1) is 13.8 Å². The summed E-state index contributed by atoms with van der Waals surface area (Å²) in [6.07, 6.45) is 8.46. The number of rotatable bonds is 5. The van der Waals surface area contributed by atoms with Crippen molar-refractivity contribution >= 4 is 0 Å². The van der Waals surface area contributed by atoms with Crippen molar-refractivity contribution in [1.29, 1.82) is 0 Å². The highest BCUT2D eigenvalue weighted by Crippen LogP contribution is 2.31. The van der Waals surface area contributed by atoms with Crippen molar-refractivity contribution in [1.82, 2.24) is 5.43 Å². The largest absolute Gasteiger partial charge is 0.496 e. The van der Waals surface area contributed by atoms with Gasteiger partial charge in [0.25, 0.3) is 0 Å². The Morgan fingerprint density at radius 2 is 2.05 bits per heavy atom. The Balaban J connectivity index is 2.22. The topological polar surface area (TPSA) is 47.3 Å². The molecule has 3 heteroatoms. The summed E-state index contributed by atoms with van der Waals surface area (Å²) < 4.78 is 5.38. The average molecular weight is 274 g/mol. The summed E-state index contributed by atoms with van der Waals surface area (Å²) in [4.78, 5) is 0. The smallest absolute Gasteiger partial charge is 0.122 e. The number of ether oxygens (including phenoxy) is 1. The van der Waals surface area contributed by atoms with Crippen molar-refractivity contribution in [3.8, 4) is 5.75 Å². The maximum atomic E-state index is 5.80. The van der Waals surface area contributed by atoms with Crippen LogP contribution in [0.5, 0.6) is 5.75 Å². The van der Waals surface area contributed by atoms with Gasteiger partial charge in [-0.15, -0.1) is 0 Å². The van der Waals surface area contributed by atoms with Crippen LogP contribution in [0.3, 0.4) is 0 Å². The minimum atomic E-state index is 0.184. The Morgan fingerprint density at radius 1 is 1.25 bits per heavy atom. The molecular weight excluding hydrogens is 248 g/mol. The van der Waals surface area contributed by atoms with E-state index in [0.29, 0.717) is 0 Å². The van der Waals surface area contributed by atoms with Gasteiger partial charge in [-0.2, -0.15) is 0 Å². The molecule has 0 aliphatic heterocycles. The van der Waals surface area contributed by atoms with Gasteiger partial charge in [-0.05, 0) is 68.7 Å². The van der Waals surface area contributed by atoms with Crippen LogP contribution in [0.25, 0.3) is 0 Å². The zero-order chi connectivity index (χ0) is 14.5. The van der Waals surface area contributed by atoms with E-state index in [9.17, 15) is 0 Å². The van der Waals surface area contributed by atoms with Crippen LogP contribution in [0.1, 0.15) is 54.8 Å². The molecule has 20 heavy (non-hydrogen) atoms. The van der Waals surface area contributed by atoms with Crippen LogP contribution in [0.4, 0.5) is 0 Å². The van der Waals surface area contributed by atoms with Gasteiger partial charge in [-0.25, -0.2) is 0 Å². The van der Waals surface area contributed by atoms with Crippen molar-refractivity contribution < 1.29 is 4.74 Å². The number of allylic oxidation sites excluding steroid dienone is 1. The summed E-state index contributed by atoms with van der Waals surface area (Å²) in [6.45, 7) is 4.20. The Labute approximate surface area is 122 Å². The first kappa shape index (κ1) is 15.1. The molecule has 0 spiro atoms. The Kier molecular flexibility index (Phi) is 5.21. The van der Waals surface area contributed by atoms with Crippen LogP contribution in [-0.4, -0.2) is 7.11 Å². The van der Waals surface area contributed by atoms with Gasteiger partial charge in [0.05, 0.1) is 7.11 Å². The fraction of sp³-hybridized carbons (Fsp3) is 0.529. The second-order valence-corrected chi connectivity index (χ2v) is 5.71. The lowest BCUT2D eigenvalue weighted by molar-refractivity contribution is 0.410. The van der Waals surface area contributed by atoms with Gasteiger partial charge in [0.1, 0.15) is 5.75 Å². The van der Waals surface area contributed by atoms with E-state index in [1.54, 1.807) is 7.11 Å². The van der Waals surface area contributed by atoms with E-state index in [1.807, 2.05) is 0 Å². The lowest BCUT2D eigenvalue weighted by atomic mass is 9.89. The third-order valence-electron chi connectivity index (χ3n) is 4.21. The molecule has 0 heterocycles. The molecule has 110 valence electrons. The summed E-state index contributed by atoms with van der Waals surface area (Å²) in [5.74, 6) is 6.75. The van der Waals surface area contributed by atoms with E-state index in [0.717, 1.165) is 17.7 Å². The van der Waals surface area contributed by atoms with E-state index < -0.39 is 0 Å². The normalized spacial score (nSPS) is 16.7. The fourth-order valence-corrected chi connectivity index (χ4v) is 3.02. The maximum absolute atomic E-state index is 5.80. The molecule has 0 aromatic heterocycles. The molecule has 3 nitrogen and oxygen atoms in total. The van der Waals surface area contributed by atoms with Crippen LogP contribution in [-0.2, 0) is 0 Å². The van der Waals surface area contributed by atoms with E-state index >= 15 is 0 Å². The molecule has 1 atom stereocenters. The van der Waals surface area contributed by atoms with Crippen molar-refractivity contribution in [3.05, 3.63) is 40.5 Å². The number of nitrogens with one attached hydrogen (secondary N) is 1. The SMILES string of the molecule is COc1cc(C)c(C(CC2=CCCCC2)NN)cc1C. The highest BCUT2D eigenvalue weighted by molar-refractivity contribution is 5.43. The molecule has 1 aliphatic rings. The lowest BCUT2D eigenvalue weighted by Gasteiger charge is -2.23. The van der Waals surface area contributed by atoms with E-state index in [4.69, 9.17) is 10.6 Å². The quantitative estimate of drug-likeness (QED) is 0.489. The molecule has 1 unspecified atom stereocenters.